The third kappa shape index (κ3) is 4.78. The molecule has 2 aliphatic rings. The Bertz CT molecular complexity index is 1300. The van der Waals surface area contributed by atoms with Crippen LogP contribution in [0.2, 0.25) is 0 Å². The summed E-state index contributed by atoms with van der Waals surface area (Å²) in [4.78, 5) is 31.6. The Hall–Kier alpha value is -2.95. The van der Waals surface area contributed by atoms with Gasteiger partial charge in [-0.25, -0.2) is 17.8 Å². The number of ether oxygens (including phenoxy) is 1. The van der Waals surface area contributed by atoms with E-state index in [1.165, 1.54) is 18.3 Å². The zero-order chi connectivity index (χ0) is 25.8. The second-order valence-electron chi connectivity index (χ2n) is 9.91. The second-order valence-corrected chi connectivity index (χ2v) is 12.2. The molecule has 0 spiro atoms. The highest BCUT2D eigenvalue weighted by Crippen LogP contribution is 2.47. The zero-order valence-electron chi connectivity index (χ0n) is 19.5. The Kier molecular flexibility index (Phi) is 6.19. The van der Waals surface area contributed by atoms with Crippen molar-refractivity contribution in [1.29, 1.82) is 0 Å². The monoisotopic (exact) mass is 510 g/mol. The van der Waals surface area contributed by atoms with Gasteiger partial charge in [-0.05, 0) is 55.9 Å². The third-order valence-electron chi connectivity index (χ3n) is 6.83. The van der Waals surface area contributed by atoms with Crippen LogP contribution in [0.1, 0.15) is 56.0 Å². The number of pyridine rings is 1. The number of hydrogen-bond donors (Lipinski definition) is 0. The molecule has 0 N–H and O–H groups in total. The van der Waals surface area contributed by atoms with E-state index in [1.807, 2.05) is 6.92 Å². The van der Waals surface area contributed by atoms with Crippen molar-refractivity contribution >= 4 is 33.0 Å². The number of aromatic nitrogens is 1. The van der Waals surface area contributed by atoms with Crippen molar-refractivity contribution in [3.05, 3.63) is 47.4 Å². The van der Waals surface area contributed by atoms with E-state index < -0.39 is 44.8 Å². The molecule has 0 unspecified atom stereocenters. The second kappa shape index (κ2) is 8.61. The summed E-state index contributed by atoms with van der Waals surface area (Å²) in [6.45, 7) is 1.99. The van der Waals surface area contributed by atoms with E-state index in [0.717, 1.165) is 17.0 Å². The molecule has 1 aromatic heterocycles. The predicted molar refractivity (Wildman–Crippen MR) is 122 cm³/mol. The van der Waals surface area contributed by atoms with Crippen LogP contribution >= 0.6 is 0 Å². The minimum Gasteiger partial charge on any atom is -0.435 e. The topological polar surface area (TPSA) is 93.6 Å². The SMILES string of the molecule is CC1(CC(=O)c2cc3c(cc2F)N(c2cc(OC(F)F)ccn2)C(=O)C3(C)C)CCS(=O)(=O)CC1. The number of rotatable bonds is 6. The Morgan fingerprint density at radius 2 is 1.83 bits per heavy atom. The first-order valence-electron chi connectivity index (χ1n) is 11.1. The molecule has 1 aromatic carbocycles. The molecule has 1 saturated heterocycles. The number of fused-ring (bicyclic) bond motifs is 1. The van der Waals surface area contributed by atoms with Crippen molar-refractivity contribution < 1.29 is 35.9 Å². The highest BCUT2D eigenvalue weighted by atomic mass is 32.2. The number of Topliss-reactive ketones (excluding diaryl/α,β-unsaturated/α-hetero) is 1. The molecule has 0 saturated carbocycles. The van der Waals surface area contributed by atoms with Crippen molar-refractivity contribution in [2.75, 3.05) is 16.4 Å². The van der Waals surface area contributed by atoms with E-state index in [9.17, 15) is 26.8 Å². The number of carbonyl (C=O) groups is 2. The lowest BCUT2D eigenvalue weighted by Crippen LogP contribution is -2.33. The predicted octanol–water partition coefficient (Wildman–Crippen LogP) is 4.57. The minimum absolute atomic E-state index is 0.0126. The van der Waals surface area contributed by atoms with Gasteiger partial charge in [-0.1, -0.05) is 6.92 Å². The molecule has 1 amide bonds. The fraction of sp³-hybridized carbons (Fsp3) is 0.458. The van der Waals surface area contributed by atoms with Gasteiger partial charge in [0.05, 0.1) is 28.2 Å². The summed E-state index contributed by atoms with van der Waals surface area (Å²) < 4.78 is 68.4. The van der Waals surface area contributed by atoms with Gasteiger partial charge in [0.1, 0.15) is 27.2 Å². The third-order valence-corrected chi connectivity index (χ3v) is 8.48. The Morgan fingerprint density at radius 3 is 2.46 bits per heavy atom. The largest absolute Gasteiger partial charge is 0.435 e. The molecule has 2 aliphatic heterocycles. The average molecular weight is 511 g/mol. The van der Waals surface area contributed by atoms with Crippen LogP contribution in [0.25, 0.3) is 0 Å². The first-order chi connectivity index (χ1) is 16.2. The lowest BCUT2D eigenvalue weighted by Gasteiger charge is -2.32. The molecular formula is C24H25F3N2O5S. The molecule has 3 heterocycles. The molecule has 1 fully saturated rings. The minimum atomic E-state index is -3.12. The molecule has 2 aromatic rings. The van der Waals surface area contributed by atoms with Gasteiger partial charge >= 0.3 is 6.61 Å². The van der Waals surface area contributed by atoms with E-state index in [0.29, 0.717) is 18.4 Å². The summed E-state index contributed by atoms with van der Waals surface area (Å²) in [7, 11) is -3.12. The number of amides is 1. The van der Waals surface area contributed by atoms with Gasteiger partial charge in [0, 0.05) is 18.7 Å². The van der Waals surface area contributed by atoms with E-state index in [1.54, 1.807) is 13.8 Å². The number of hydrogen-bond acceptors (Lipinski definition) is 6. The van der Waals surface area contributed by atoms with Gasteiger partial charge in [-0.3, -0.25) is 14.5 Å². The van der Waals surface area contributed by atoms with E-state index in [2.05, 4.69) is 9.72 Å². The van der Waals surface area contributed by atoms with Crippen LogP contribution < -0.4 is 9.64 Å². The summed E-state index contributed by atoms with van der Waals surface area (Å²) in [6.07, 6.45) is 1.80. The van der Waals surface area contributed by atoms with E-state index >= 15 is 4.39 Å². The zero-order valence-corrected chi connectivity index (χ0v) is 20.3. The van der Waals surface area contributed by atoms with Crippen LogP contribution in [0, 0.1) is 11.2 Å². The first-order valence-corrected chi connectivity index (χ1v) is 12.9. The van der Waals surface area contributed by atoms with Crippen molar-refractivity contribution in [2.24, 2.45) is 5.41 Å². The summed E-state index contributed by atoms with van der Waals surface area (Å²) >= 11 is 0. The Labute approximate surface area is 201 Å². The molecule has 0 atom stereocenters. The number of sulfone groups is 1. The van der Waals surface area contributed by atoms with Crippen LogP contribution in [0.5, 0.6) is 5.75 Å². The highest BCUT2D eigenvalue weighted by molar-refractivity contribution is 7.91. The van der Waals surface area contributed by atoms with Gasteiger partial charge in [-0.2, -0.15) is 8.78 Å². The maximum absolute atomic E-state index is 15.2. The number of anilines is 2. The molecule has 7 nitrogen and oxygen atoms in total. The highest BCUT2D eigenvalue weighted by Gasteiger charge is 2.46. The molecule has 35 heavy (non-hydrogen) atoms. The number of ketones is 1. The van der Waals surface area contributed by atoms with Gasteiger partial charge in [0.15, 0.2) is 5.78 Å². The maximum atomic E-state index is 15.2. The summed E-state index contributed by atoms with van der Waals surface area (Å²) in [5, 5.41) is 0. The molecule has 4 rings (SSSR count). The summed E-state index contributed by atoms with van der Waals surface area (Å²) in [6, 6.07) is 4.80. The van der Waals surface area contributed by atoms with Gasteiger partial charge in [-0.15, -0.1) is 0 Å². The van der Waals surface area contributed by atoms with E-state index in [4.69, 9.17) is 0 Å². The fourth-order valence-electron chi connectivity index (χ4n) is 4.58. The van der Waals surface area contributed by atoms with Crippen LogP contribution in [-0.4, -0.2) is 43.2 Å². The Morgan fingerprint density at radius 1 is 1.17 bits per heavy atom. The quantitative estimate of drug-likeness (QED) is 0.529. The molecule has 0 aliphatic carbocycles. The molecule has 188 valence electrons. The molecule has 0 radical (unpaired) electrons. The number of halogens is 3. The lowest BCUT2D eigenvalue weighted by atomic mass is 9.78. The van der Waals surface area contributed by atoms with Crippen LogP contribution in [0.4, 0.5) is 24.7 Å². The Balaban J connectivity index is 1.68. The molecule has 11 heteroatoms. The molecule has 0 bridgehead atoms. The average Bonchev–Trinajstić information content (AvgIpc) is 2.94. The summed E-state index contributed by atoms with van der Waals surface area (Å²) in [5.41, 5.74) is -1.34. The van der Waals surface area contributed by atoms with Crippen molar-refractivity contribution in [2.45, 2.75) is 52.1 Å². The van der Waals surface area contributed by atoms with Crippen molar-refractivity contribution in [1.82, 2.24) is 4.98 Å². The van der Waals surface area contributed by atoms with Crippen LogP contribution in [-0.2, 0) is 20.0 Å². The van der Waals surface area contributed by atoms with Crippen molar-refractivity contribution in [3.63, 3.8) is 0 Å². The summed E-state index contributed by atoms with van der Waals surface area (Å²) in [5.74, 6) is -2.03. The first kappa shape index (κ1) is 25.2. The van der Waals surface area contributed by atoms with Crippen LogP contribution in [0.3, 0.4) is 0 Å². The maximum Gasteiger partial charge on any atom is 0.387 e. The molecular weight excluding hydrogens is 485 g/mol. The van der Waals surface area contributed by atoms with Gasteiger partial charge in [0.25, 0.3) is 0 Å². The number of benzene rings is 1. The standard InChI is InChI=1S/C24H25F3N2O5S/c1-23(2)16-11-15(19(30)13-24(3)5-8-35(32,33)9-6-24)17(25)12-18(16)29(21(23)31)20-10-14(4-7-28-20)34-22(26)27/h4,7,10-12,22H,5-6,8-9,13H2,1-3H3. The lowest BCUT2D eigenvalue weighted by molar-refractivity contribution is -0.121. The van der Waals surface area contributed by atoms with Gasteiger partial charge < -0.3 is 4.74 Å². The smallest absolute Gasteiger partial charge is 0.387 e. The normalized spacial score (nSPS) is 20.1. The van der Waals surface area contributed by atoms with Gasteiger partial charge in [0.2, 0.25) is 5.91 Å². The number of carbonyl (C=O) groups excluding carboxylic acids is 2. The van der Waals surface area contributed by atoms with Crippen molar-refractivity contribution in [3.8, 4) is 5.75 Å². The van der Waals surface area contributed by atoms with Crippen LogP contribution in [0.15, 0.2) is 30.5 Å². The van der Waals surface area contributed by atoms with E-state index in [-0.39, 0.29) is 40.7 Å². The number of alkyl halides is 2. The number of nitrogens with zero attached hydrogens (tertiary/aromatic N) is 2. The fourth-order valence-corrected chi connectivity index (χ4v) is 6.39.